The fraction of sp³-hybridized carbons (Fsp3) is 0.312. The van der Waals surface area contributed by atoms with E-state index in [-0.39, 0.29) is 28.1 Å². The van der Waals surface area contributed by atoms with Crippen LogP contribution in [0.2, 0.25) is 0 Å². The van der Waals surface area contributed by atoms with E-state index < -0.39 is 16.3 Å². The summed E-state index contributed by atoms with van der Waals surface area (Å²) < 4.78 is 27.4. The molecule has 0 saturated carbocycles. The van der Waals surface area contributed by atoms with E-state index in [2.05, 4.69) is 25.4 Å². The van der Waals surface area contributed by atoms with Gasteiger partial charge in [-0.3, -0.25) is 9.63 Å². The van der Waals surface area contributed by atoms with Gasteiger partial charge in [0.2, 0.25) is 10.0 Å². The maximum atomic E-state index is 12.5. The lowest BCUT2D eigenvalue weighted by Crippen LogP contribution is -2.38. The number of hydrogen-bond donors (Lipinski definition) is 3. The van der Waals surface area contributed by atoms with Crippen molar-refractivity contribution in [1.29, 1.82) is 0 Å². The van der Waals surface area contributed by atoms with Crippen LogP contribution in [0.25, 0.3) is 0 Å². The highest BCUT2D eigenvalue weighted by molar-refractivity contribution is 7.89. The van der Waals surface area contributed by atoms with Gasteiger partial charge in [0.15, 0.2) is 5.69 Å². The van der Waals surface area contributed by atoms with Gasteiger partial charge in [0.1, 0.15) is 6.23 Å². The Morgan fingerprint density at radius 1 is 1.12 bits per heavy atom. The van der Waals surface area contributed by atoms with E-state index in [1.807, 2.05) is 13.8 Å². The first-order valence-corrected chi connectivity index (χ1v) is 9.48. The molecule has 0 spiro atoms. The summed E-state index contributed by atoms with van der Waals surface area (Å²) in [6.45, 7) is 3.81. The molecule has 3 atom stereocenters. The predicted octanol–water partition coefficient (Wildman–Crippen LogP) is 1.95. The normalized spacial score (nSPS) is 23.5. The summed E-state index contributed by atoms with van der Waals surface area (Å²) in [5.41, 5.74) is 2.99. The van der Waals surface area contributed by atoms with Crippen molar-refractivity contribution >= 4 is 21.4 Å². The van der Waals surface area contributed by atoms with Crippen molar-refractivity contribution in [3.8, 4) is 0 Å². The van der Waals surface area contributed by atoms with Gasteiger partial charge in [-0.1, -0.05) is 6.92 Å². The molecule has 3 rings (SSSR count). The van der Waals surface area contributed by atoms with E-state index in [0.29, 0.717) is 5.69 Å². The third kappa shape index (κ3) is 4.05. The molecule has 1 aliphatic heterocycles. The molecule has 0 radical (unpaired) electrons. The number of H-pyrrole nitrogens is 1. The van der Waals surface area contributed by atoms with Crippen LogP contribution in [0.15, 0.2) is 62.5 Å². The number of sulfonamides is 1. The number of nitrogens with one attached hydrogen (secondary N) is 3. The van der Waals surface area contributed by atoms with Gasteiger partial charge in [0.05, 0.1) is 10.6 Å². The van der Waals surface area contributed by atoms with Gasteiger partial charge in [-0.05, 0) is 43.3 Å². The molecule has 2 heterocycles. The number of benzene rings is 1. The minimum absolute atomic E-state index is 0.0122. The third-order valence-corrected chi connectivity index (χ3v) is 5.57. The van der Waals surface area contributed by atoms with Crippen molar-refractivity contribution in [2.45, 2.75) is 31.0 Å². The second kappa shape index (κ2) is 7.46. The SMILES string of the molecule is C[C@@H]1[C@H](C)NO[C@@H]1NS(=O)(=O)c1ccc(N=Nc2ccc[nH]c2=O)cc1. The molecule has 3 N–H and O–H groups in total. The quantitative estimate of drug-likeness (QED) is 0.687. The summed E-state index contributed by atoms with van der Waals surface area (Å²) in [6.07, 6.45) is 0.860. The molecule has 0 aliphatic carbocycles. The summed E-state index contributed by atoms with van der Waals surface area (Å²) >= 11 is 0. The number of pyridine rings is 1. The zero-order chi connectivity index (χ0) is 18.7. The van der Waals surface area contributed by atoms with Gasteiger partial charge < -0.3 is 4.98 Å². The zero-order valence-corrected chi connectivity index (χ0v) is 15.0. The highest BCUT2D eigenvalue weighted by Gasteiger charge is 2.34. The van der Waals surface area contributed by atoms with Crippen LogP contribution in [-0.2, 0) is 14.9 Å². The minimum atomic E-state index is -3.73. The monoisotopic (exact) mass is 377 g/mol. The van der Waals surface area contributed by atoms with Crippen molar-refractivity contribution in [2.75, 3.05) is 0 Å². The summed E-state index contributed by atoms with van der Waals surface area (Å²) in [5.74, 6) is -0.0122. The van der Waals surface area contributed by atoms with Gasteiger partial charge >= 0.3 is 0 Å². The van der Waals surface area contributed by atoms with Crippen LogP contribution in [0.5, 0.6) is 0 Å². The third-order valence-electron chi connectivity index (χ3n) is 4.14. The fourth-order valence-electron chi connectivity index (χ4n) is 2.30. The lowest BCUT2D eigenvalue weighted by molar-refractivity contribution is 0.0148. The van der Waals surface area contributed by atoms with E-state index >= 15 is 0 Å². The molecule has 1 aromatic carbocycles. The number of aromatic nitrogens is 1. The maximum absolute atomic E-state index is 12.5. The van der Waals surface area contributed by atoms with Crippen LogP contribution in [0.4, 0.5) is 11.4 Å². The largest absolute Gasteiger partial charge is 0.327 e. The smallest absolute Gasteiger partial charge is 0.275 e. The number of hydrogen-bond acceptors (Lipinski definition) is 7. The molecule has 1 saturated heterocycles. The Morgan fingerprint density at radius 3 is 2.46 bits per heavy atom. The van der Waals surface area contributed by atoms with Crippen LogP contribution in [0, 0.1) is 5.92 Å². The number of hydroxylamine groups is 1. The minimum Gasteiger partial charge on any atom is -0.327 e. The molecular weight excluding hydrogens is 358 g/mol. The molecular formula is C16H19N5O4S. The van der Waals surface area contributed by atoms with Crippen molar-refractivity contribution in [2.24, 2.45) is 16.1 Å². The van der Waals surface area contributed by atoms with Crippen LogP contribution >= 0.6 is 0 Å². The van der Waals surface area contributed by atoms with Gasteiger partial charge in [-0.25, -0.2) is 8.42 Å². The first-order chi connectivity index (χ1) is 12.4. The van der Waals surface area contributed by atoms with E-state index in [1.165, 1.54) is 36.5 Å². The Labute approximate surface area is 150 Å². The molecule has 0 amide bonds. The molecule has 1 aromatic heterocycles. The van der Waals surface area contributed by atoms with Crippen LogP contribution in [-0.4, -0.2) is 25.7 Å². The Hall–Kier alpha value is -2.40. The Bertz CT molecular complexity index is 955. The Morgan fingerprint density at radius 2 is 1.85 bits per heavy atom. The van der Waals surface area contributed by atoms with Gasteiger partial charge in [0, 0.05) is 18.2 Å². The first kappa shape index (κ1) is 18.4. The average molecular weight is 377 g/mol. The van der Waals surface area contributed by atoms with Crippen molar-refractivity contribution in [3.63, 3.8) is 0 Å². The topological polar surface area (TPSA) is 125 Å². The summed E-state index contributed by atoms with van der Waals surface area (Å²) in [4.78, 5) is 19.4. The van der Waals surface area contributed by atoms with Crippen LogP contribution in [0.1, 0.15) is 13.8 Å². The number of aromatic amines is 1. The molecule has 0 unspecified atom stereocenters. The van der Waals surface area contributed by atoms with Crippen molar-refractivity contribution < 1.29 is 13.3 Å². The first-order valence-electron chi connectivity index (χ1n) is 8.00. The van der Waals surface area contributed by atoms with Gasteiger partial charge in [-0.2, -0.15) is 15.3 Å². The van der Waals surface area contributed by atoms with Crippen molar-refractivity contribution in [3.05, 3.63) is 52.9 Å². The highest BCUT2D eigenvalue weighted by atomic mass is 32.2. The lowest BCUT2D eigenvalue weighted by Gasteiger charge is -2.16. The number of azo groups is 1. The van der Waals surface area contributed by atoms with E-state index in [9.17, 15) is 13.2 Å². The maximum Gasteiger partial charge on any atom is 0.275 e. The second-order valence-corrected chi connectivity index (χ2v) is 7.72. The van der Waals surface area contributed by atoms with Crippen molar-refractivity contribution in [1.82, 2.24) is 15.2 Å². The van der Waals surface area contributed by atoms with E-state index in [1.54, 1.807) is 6.07 Å². The molecule has 0 bridgehead atoms. The van der Waals surface area contributed by atoms with E-state index in [4.69, 9.17) is 4.84 Å². The lowest BCUT2D eigenvalue weighted by atomic mass is 10.1. The summed E-state index contributed by atoms with van der Waals surface area (Å²) in [7, 11) is -3.73. The van der Waals surface area contributed by atoms with Crippen LogP contribution in [0.3, 0.4) is 0 Å². The summed E-state index contributed by atoms with van der Waals surface area (Å²) in [6, 6.07) is 9.07. The molecule has 26 heavy (non-hydrogen) atoms. The zero-order valence-electron chi connectivity index (χ0n) is 14.2. The van der Waals surface area contributed by atoms with Gasteiger partial charge in [0.25, 0.3) is 5.56 Å². The Balaban J connectivity index is 1.72. The fourth-order valence-corrected chi connectivity index (χ4v) is 3.50. The summed E-state index contributed by atoms with van der Waals surface area (Å²) in [5, 5.41) is 7.80. The molecule has 10 heteroatoms. The van der Waals surface area contributed by atoms with Crippen LogP contribution < -0.4 is 15.8 Å². The molecule has 138 valence electrons. The Kier molecular flexibility index (Phi) is 5.28. The number of rotatable bonds is 5. The van der Waals surface area contributed by atoms with E-state index in [0.717, 1.165) is 0 Å². The average Bonchev–Trinajstić information content (AvgIpc) is 2.93. The second-order valence-electron chi connectivity index (χ2n) is 6.00. The molecule has 9 nitrogen and oxygen atoms in total. The molecule has 1 fully saturated rings. The highest BCUT2D eigenvalue weighted by Crippen LogP contribution is 2.21. The van der Waals surface area contributed by atoms with Gasteiger partial charge in [-0.15, -0.1) is 5.11 Å². The predicted molar refractivity (Wildman–Crippen MR) is 94.6 cm³/mol. The molecule has 2 aromatic rings. The molecule has 1 aliphatic rings. The standard InChI is InChI=1S/C16H19N5O4S/c1-10-11(2)20-25-16(10)21-26(23,24)13-7-5-12(6-8-13)18-19-14-4-3-9-17-15(14)22/h3-11,16,20-21H,1-2H3,(H,17,22)/t10-,11+,16+/m1/s1. The number of nitrogens with zero attached hydrogens (tertiary/aromatic N) is 2.